The summed E-state index contributed by atoms with van der Waals surface area (Å²) in [6, 6.07) is 19.2. The molecule has 3 aromatic rings. The molecule has 1 aromatic heterocycles. The van der Waals surface area contributed by atoms with Crippen LogP contribution in [-0.2, 0) is 37.0 Å². The van der Waals surface area contributed by atoms with Crippen molar-refractivity contribution in [3.63, 3.8) is 0 Å². The highest BCUT2D eigenvalue weighted by Gasteiger charge is 2.58. The molecule has 0 saturated carbocycles. The van der Waals surface area contributed by atoms with E-state index in [-0.39, 0.29) is 35.8 Å². The smallest absolute Gasteiger partial charge is 0.330 e. The quantitative estimate of drug-likeness (QED) is 0.359. The monoisotopic (exact) mass is 584 g/mol. The predicted molar refractivity (Wildman–Crippen MR) is 155 cm³/mol. The largest absolute Gasteiger partial charge is 0.374 e. The van der Waals surface area contributed by atoms with Crippen molar-refractivity contribution in [1.82, 2.24) is 9.55 Å². The molecule has 0 amide bonds. The van der Waals surface area contributed by atoms with Gasteiger partial charge in [-0.05, 0) is 18.1 Å². The lowest BCUT2D eigenvalue weighted by atomic mass is 9.99. The zero-order valence-corrected chi connectivity index (χ0v) is 24.2. The number of aromatic nitrogens is 2. The van der Waals surface area contributed by atoms with Crippen LogP contribution in [0, 0.1) is 6.92 Å². The number of ether oxygens (including phenoxy) is 3. The van der Waals surface area contributed by atoms with E-state index in [1.807, 2.05) is 60.7 Å². The van der Waals surface area contributed by atoms with Crippen LogP contribution in [-0.4, -0.2) is 49.1 Å². The lowest BCUT2D eigenvalue weighted by molar-refractivity contribution is -0.144. The zero-order valence-electron chi connectivity index (χ0n) is 22.5. The molecule has 0 bridgehead atoms. The van der Waals surface area contributed by atoms with Crippen LogP contribution in [0.25, 0.3) is 0 Å². The summed E-state index contributed by atoms with van der Waals surface area (Å²) in [6.45, 7) is 5.02. The second kappa shape index (κ2) is 13.6. The Morgan fingerprint density at radius 2 is 1.60 bits per heavy atom. The number of rotatable bonds is 11. The summed E-state index contributed by atoms with van der Waals surface area (Å²) in [5.41, 5.74) is -0.204. The number of hydrogen-bond donors (Lipinski definition) is 1. The third kappa shape index (κ3) is 7.41. The molecular formula is C29H32N2O7S2. The number of carbonyl (C=O) groups excluding carboxylic acids is 2. The molecule has 212 valence electrons. The fraction of sp³-hybridized carbons (Fsp3) is 0.379. The topological polar surface area (TPSA) is 117 Å². The summed E-state index contributed by atoms with van der Waals surface area (Å²) < 4.78 is 20.6. The maximum atomic E-state index is 13.0. The van der Waals surface area contributed by atoms with E-state index in [2.05, 4.69) is 4.98 Å². The fourth-order valence-electron chi connectivity index (χ4n) is 4.55. The summed E-state index contributed by atoms with van der Waals surface area (Å²) in [7, 11) is 0. The Hall–Kier alpha value is -2.96. The second-order valence-electron chi connectivity index (χ2n) is 9.60. The number of hydrogen-bond acceptors (Lipinski definition) is 9. The van der Waals surface area contributed by atoms with Gasteiger partial charge in [-0.3, -0.25) is 23.9 Å². The van der Waals surface area contributed by atoms with Crippen LogP contribution in [0.15, 0.2) is 76.4 Å². The van der Waals surface area contributed by atoms with Gasteiger partial charge in [-0.25, -0.2) is 4.79 Å². The van der Waals surface area contributed by atoms with Crippen molar-refractivity contribution in [2.45, 2.75) is 57.2 Å². The number of carbonyl (C=O) groups is 2. The number of nitrogens with zero attached hydrogens (tertiary/aromatic N) is 1. The molecule has 0 spiro atoms. The van der Waals surface area contributed by atoms with Crippen LogP contribution < -0.4 is 11.2 Å². The minimum atomic E-state index is -1.21. The van der Waals surface area contributed by atoms with Crippen molar-refractivity contribution in [3.05, 3.63) is 104 Å². The molecule has 1 aliphatic rings. The van der Waals surface area contributed by atoms with E-state index < -0.39 is 34.4 Å². The first kappa shape index (κ1) is 30.0. The van der Waals surface area contributed by atoms with Crippen LogP contribution >= 0.6 is 23.5 Å². The van der Waals surface area contributed by atoms with Crippen molar-refractivity contribution < 1.29 is 23.8 Å². The molecule has 1 saturated heterocycles. The van der Waals surface area contributed by atoms with Crippen molar-refractivity contribution in [1.29, 1.82) is 0 Å². The molecule has 40 heavy (non-hydrogen) atoms. The van der Waals surface area contributed by atoms with Gasteiger partial charge in [0.25, 0.3) is 5.56 Å². The third-order valence-electron chi connectivity index (χ3n) is 6.43. The molecular weight excluding hydrogens is 552 g/mol. The number of H-pyrrole nitrogens is 1. The summed E-state index contributed by atoms with van der Waals surface area (Å²) in [4.78, 5) is 52.0. The molecule has 2 heterocycles. The van der Waals surface area contributed by atoms with Gasteiger partial charge in [-0.15, -0.1) is 0 Å². The highest BCUT2D eigenvalue weighted by molar-refractivity contribution is 8.14. The van der Waals surface area contributed by atoms with E-state index in [9.17, 15) is 19.2 Å². The molecule has 4 atom stereocenters. The highest BCUT2D eigenvalue weighted by Crippen LogP contribution is 2.47. The Kier molecular flexibility index (Phi) is 10.2. The van der Waals surface area contributed by atoms with Gasteiger partial charge in [0.05, 0.1) is 25.1 Å². The summed E-state index contributed by atoms with van der Waals surface area (Å²) in [5.74, 6) is 0.166. The Balaban J connectivity index is 1.76. The minimum Gasteiger partial charge on any atom is -0.374 e. The van der Waals surface area contributed by atoms with Crippen molar-refractivity contribution >= 4 is 33.8 Å². The maximum Gasteiger partial charge on any atom is 0.330 e. The standard InChI is InChI=1S/C29H32N2O7S2/c1-19-14-31(28(35)30-26(19)34)27-24(40-21(3)33)25(37-16-23-12-8-5-9-13-23)29(38-27,18-39-20(2)32)17-36-15-22-10-6-4-7-11-22/h4-14,24-25,27H,15-18H2,1-3H3,(H,30,34,35)/t24?,25?,27-,29+/m1/s1. The number of thioether (sulfide) groups is 2. The number of aryl methyl sites for hydroxylation is 1. The van der Waals surface area contributed by atoms with Crippen molar-refractivity contribution in [2.24, 2.45) is 0 Å². The molecule has 2 aromatic carbocycles. The molecule has 1 N–H and O–H groups in total. The van der Waals surface area contributed by atoms with Crippen LogP contribution in [0.5, 0.6) is 0 Å². The maximum absolute atomic E-state index is 13.0. The predicted octanol–water partition coefficient (Wildman–Crippen LogP) is 3.84. The van der Waals surface area contributed by atoms with Gasteiger partial charge < -0.3 is 14.2 Å². The Morgan fingerprint density at radius 1 is 0.975 bits per heavy atom. The van der Waals surface area contributed by atoms with Gasteiger partial charge in [0.2, 0.25) is 0 Å². The highest BCUT2D eigenvalue weighted by atomic mass is 32.2. The first-order chi connectivity index (χ1) is 19.2. The van der Waals surface area contributed by atoms with Crippen LogP contribution in [0.3, 0.4) is 0 Å². The lowest BCUT2D eigenvalue weighted by Gasteiger charge is -2.34. The molecule has 0 radical (unpaired) electrons. The number of aromatic amines is 1. The lowest BCUT2D eigenvalue weighted by Crippen LogP contribution is -2.50. The van der Waals surface area contributed by atoms with Gasteiger partial charge in [-0.2, -0.15) is 0 Å². The van der Waals surface area contributed by atoms with Gasteiger partial charge in [0.15, 0.2) is 16.5 Å². The van der Waals surface area contributed by atoms with Crippen molar-refractivity contribution in [2.75, 3.05) is 12.4 Å². The molecule has 2 unspecified atom stereocenters. The van der Waals surface area contributed by atoms with Crippen LogP contribution in [0.1, 0.15) is 36.8 Å². The molecule has 9 nitrogen and oxygen atoms in total. The number of benzene rings is 2. The van der Waals surface area contributed by atoms with Gasteiger partial charge in [-0.1, -0.05) is 84.2 Å². The molecule has 0 aliphatic carbocycles. The SMILES string of the molecule is CC(=O)SC[C@]1(COCc2ccccc2)O[C@@H](n2cc(C)c(=O)[nH]c2=O)C(SC(C)=O)C1OCc1ccccc1. The van der Waals surface area contributed by atoms with E-state index in [1.54, 1.807) is 6.92 Å². The van der Waals surface area contributed by atoms with Crippen LogP contribution in [0.4, 0.5) is 0 Å². The second-order valence-corrected chi connectivity index (χ2v) is 12.1. The van der Waals surface area contributed by atoms with E-state index in [0.717, 1.165) is 34.7 Å². The average molecular weight is 585 g/mol. The summed E-state index contributed by atoms with van der Waals surface area (Å²) >= 11 is 2.07. The Labute approximate surface area is 240 Å². The van der Waals surface area contributed by atoms with Gasteiger partial charge in [0.1, 0.15) is 11.7 Å². The van der Waals surface area contributed by atoms with Gasteiger partial charge >= 0.3 is 5.69 Å². The zero-order chi connectivity index (χ0) is 28.7. The van der Waals surface area contributed by atoms with E-state index in [0.29, 0.717) is 5.56 Å². The summed E-state index contributed by atoms with van der Waals surface area (Å²) in [6.07, 6.45) is -0.314. The molecule has 1 fully saturated rings. The first-order valence-electron chi connectivity index (χ1n) is 12.8. The van der Waals surface area contributed by atoms with Crippen LogP contribution in [0.2, 0.25) is 0 Å². The molecule has 1 aliphatic heterocycles. The van der Waals surface area contributed by atoms with E-state index in [1.165, 1.54) is 24.6 Å². The number of nitrogens with one attached hydrogen (secondary N) is 1. The minimum absolute atomic E-state index is 0.0319. The molecule has 11 heteroatoms. The fourth-order valence-corrected chi connectivity index (χ4v) is 6.45. The van der Waals surface area contributed by atoms with Gasteiger partial charge in [0, 0.05) is 31.4 Å². The van der Waals surface area contributed by atoms with Crippen molar-refractivity contribution in [3.8, 4) is 0 Å². The van der Waals surface area contributed by atoms with E-state index >= 15 is 0 Å². The normalized spacial score (nSPS) is 22.3. The molecule has 4 rings (SSSR count). The third-order valence-corrected chi connectivity index (χ3v) is 8.55. The average Bonchev–Trinajstić information content (AvgIpc) is 3.21. The summed E-state index contributed by atoms with van der Waals surface area (Å²) in [5, 5.41) is -0.998. The Morgan fingerprint density at radius 3 is 2.20 bits per heavy atom. The Bertz CT molecular complexity index is 1430. The first-order valence-corrected chi connectivity index (χ1v) is 14.6. The van der Waals surface area contributed by atoms with E-state index in [4.69, 9.17) is 14.2 Å².